The average molecular weight is 163 g/mol. The van der Waals surface area contributed by atoms with E-state index >= 15 is 0 Å². The van der Waals surface area contributed by atoms with Crippen molar-refractivity contribution in [1.29, 1.82) is 0 Å². The van der Waals surface area contributed by atoms with Gasteiger partial charge >= 0.3 is 0 Å². The Balaban J connectivity index is 2.85. The molecule has 1 aromatic heterocycles. The van der Waals surface area contributed by atoms with Crippen molar-refractivity contribution in [2.24, 2.45) is 5.16 Å². The molecule has 1 heterocycles. The van der Waals surface area contributed by atoms with Crippen LogP contribution in [0.2, 0.25) is 4.34 Å². The Kier molecular flexibility index (Phi) is 2.02. The van der Waals surface area contributed by atoms with Crippen LogP contribution in [0.15, 0.2) is 11.4 Å². The first-order valence-corrected chi connectivity index (χ1v) is 3.31. The Morgan fingerprint density at radius 2 is 2.67 bits per heavy atom. The van der Waals surface area contributed by atoms with E-state index in [4.69, 9.17) is 16.8 Å². The largest absolute Gasteiger partial charge is 0.411 e. The number of rotatable bonds is 1. The lowest BCUT2D eigenvalue weighted by Crippen LogP contribution is -1.73. The lowest BCUT2D eigenvalue weighted by atomic mass is 10.8. The number of thiazole rings is 1. The maximum absolute atomic E-state index is 8.02. The van der Waals surface area contributed by atoms with Gasteiger partial charge in [0, 0.05) is 0 Å². The van der Waals surface area contributed by atoms with Crippen molar-refractivity contribution >= 4 is 29.2 Å². The van der Waals surface area contributed by atoms with E-state index in [1.54, 1.807) is 0 Å². The van der Waals surface area contributed by atoms with Gasteiger partial charge in [-0.15, -0.1) is 11.3 Å². The molecule has 0 bridgehead atoms. The van der Waals surface area contributed by atoms with Crippen LogP contribution in [0, 0.1) is 0 Å². The molecule has 3 nitrogen and oxygen atoms in total. The van der Waals surface area contributed by atoms with Crippen LogP contribution in [0.25, 0.3) is 0 Å². The van der Waals surface area contributed by atoms with Gasteiger partial charge in [0.25, 0.3) is 0 Å². The van der Waals surface area contributed by atoms with Crippen molar-refractivity contribution < 1.29 is 5.21 Å². The van der Waals surface area contributed by atoms with Gasteiger partial charge in [-0.3, -0.25) is 0 Å². The maximum atomic E-state index is 8.02. The summed E-state index contributed by atoms with van der Waals surface area (Å²) < 4.78 is 0.588. The molecule has 0 unspecified atom stereocenters. The molecule has 1 rings (SSSR count). The minimum absolute atomic E-state index is 0.588. The number of oxime groups is 1. The molecule has 0 spiro atoms. The predicted molar refractivity (Wildman–Crippen MR) is 36.5 cm³/mol. The van der Waals surface area contributed by atoms with Gasteiger partial charge in [0.2, 0.25) is 0 Å². The zero-order chi connectivity index (χ0) is 6.69. The maximum Gasteiger partial charge on any atom is 0.139 e. The van der Waals surface area contributed by atoms with Gasteiger partial charge in [-0.1, -0.05) is 16.8 Å². The highest BCUT2D eigenvalue weighted by Crippen LogP contribution is 2.16. The number of nitrogens with zero attached hydrogens (tertiary/aromatic N) is 2. The summed E-state index contributed by atoms with van der Waals surface area (Å²) in [5.74, 6) is 0. The Hall–Kier alpha value is -0.610. The zero-order valence-corrected chi connectivity index (χ0v) is 5.85. The van der Waals surface area contributed by atoms with Crippen LogP contribution in [-0.2, 0) is 0 Å². The second-order valence-electron chi connectivity index (χ2n) is 1.25. The molecule has 0 radical (unpaired) electrons. The minimum atomic E-state index is 0.588. The molecular formula is C4H3ClN2OS. The van der Waals surface area contributed by atoms with Gasteiger partial charge in [0.15, 0.2) is 0 Å². The predicted octanol–water partition coefficient (Wildman–Crippen LogP) is 1.60. The first kappa shape index (κ1) is 6.51. The van der Waals surface area contributed by atoms with Gasteiger partial charge in [0.05, 0.1) is 6.20 Å². The SMILES string of the molecule is O/N=C/c1ncc(Cl)s1. The normalized spacial score (nSPS) is 10.8. The Labute approximate surface area is 60.6 Å². The minimum Gasteiger partial charge on any atom is -0.411 e. The van der Waals surface area contributed by atoms with E-state index in [9.17, 15) is 0 Å². The Morgan fingerprint density at radius 3 is 3.11 bits per heavy atom. The quantitative estimate of drug-likeness (QED) is 0.387. The van der Waals surface area contributed by atoms with Crippen LogP contribution in [-0.4, -0.2) is 16.4 Å². The van der Waals surface area contributed by atoms with E-state index < -0.39 is 0 Å². The van der Waals surface area contributed by atoms with Crippen molar-refractivity contribution in [3.05, 3.63) is 15.5 Å². The molecule has 0 aliphatic heterocycles. The monoisotopic (exact) mass is 162 g/mol. The number of hydrogen-bond donors (Lipinski definition) is 1. The van der Waals surface area contributed by atoms with Gasteiger partial charge < -0.3 is 5.21 Å². The highest BCUT2D eigenvalue weighted by atomic mass is 35.5. The van der Waals surface area contributed by atoms with Crippen LogP contribution in [0.3, 0.4) is 0 Å². The lowest BCUT2D eigenvalue weighted by molar-refractivity contribution is 0.322. The van der Waals surface area contributed by atoms with E-state index in [0.29, 0.717) is 9.34 Å². The molecule has 0 aliphatic rings. The molecule has 1 N–H and O–H groups in total. The first-order chi connectivity index (χ1) is 4.33. The molecule has 9 heavy (non-hydrogen) atoms. The third kappa shape index (κ3) is 1.65. The molecule has 0 saturated heterocycles. The van der Waals surface area contributed by atoms with Crippen molar-refractivity contribution in [2.75, 3.05) is 0 Å². The molecular weight excluding hydrogens is 160 g/mol. The van der Waals surface area contributed by atoms with Gasteiger partial charge in [0.1, 0.15) is 15.6 Å². The van der Waals surface area contributed by atoms with Crippen molar-refractivity contribution in [3.8, 4) is 0 Å². The second-order valence-corrected chi connectivity index (χ2v) is 2.94. The fraction of sp³-hybridized carbons (Fsp3) is 0. The van der Waals surface area contributed by atoms with Gasteiger partial charge in [-0.25, -0.2) is 4.98 Å². The van der Waals surface area contributed by atoms with E-state index in [0.717, 1.165) is 0 Å². The lowest BCUT2D eigenvalue weighted by Gasteiger charge is -1.72. The fourth-order valence-corrected chi connectivity index (χ4v) is 1.17. The molecule has 0 aliphatic carbocycles. The standard InChI is InChI=1S/C4H3ClN2OS/c5-3-1-6-4(9-3)2-7-8/h1-2,8H/b7-2+. The van der Waals surface area contributed by atoms with Gasteiger partial charge in [-0.2, -0.15) is 0 Å². The first-order valence-electron chi connectivity index (χ1n) is 2.11. The number of hydrogen-bond acceptors (Lipinski definition) is 4. The third-order valence-electron chi connectivity index (χ3n) is 0.664. The molecule has 1 aromatic rings. The number of halogens is 1. The van der Waals surface area contributed by atoms with E-state index in [1.807, 2.05) is 0 Å². The number of aromatic nitrogens is 1. The summed E-state index contributed by atoms with van der Waals surface area (Å²) in [6, 6.07) is 0. The Morgan fingerprint density at radius 1 is 1.89 bits per heavy atom. The summed E-state index contributed by atoms with van der Waals surface area (Å²) in [7, 11) is 0. The van der Waals surface area contributed by atoms with Crippen LogP contribution in [0.4, 0.5) is 0 Å². The fourth-order valence-electron chi connectivity index (χ4n) is 0.376. The van der Waals surface area contributed by atoms with Crippen LogP contribution in [0.5, 0.6) is 0 Å². The van der Waals surface area contributed by atoms with Crippen molar-refractivity contribution in [3.63, 3.8) is 0 Å². The molecule has 5 heteroatoms. The van der Waals surface area contributed by atoms with E-state index in [-0.39, 0.29) is 0 Å². The van der Waals surface area contributed by atoms with Crippen molar-refractivity contribution in [2.45, 2.75) is 0 Å². The third-order valence-corrected chi connectivity index (χ3v) is 1.71. The molecule has 0 amide bonds. The molecule has 0 fully saturated rings. The average Bonchev–Trinajstić information content (AvgIpc) is 2.17. The molecule has 0 atom stereocenters. The summed E-state index contributed by atoms with van der Waals surface area (Å²) in [5.41, 5.74) is 0. The summed E-state index contributed by atoms with van der Waals surface area (Å²) in [6.45, 7) is 0. The van der Waals surface area contributed by atoms with Crippen LogP contribution < -0.4 is 0 Å². The van der Waals surface area contributed by atoms with Crippen LogP contribution in [0.1, 0.15) is 5.01 Å². The highest BCUT2D eigenvalue weighted by molar-refractivity contribution is 7.17. The zero-order valence-electron chi connectivity index (χ0n) is 4.28. The summed E-state index contributed by atoms with van der Waals surface area (Å²) in [4.78, 5) is 3.78. The topological polar surface area (TPSA) is 45.5 Å². The summed E-state index contributed by atoms with van der Waals surface area (Å²) >= 11 is 6.77. The Bertz CT molecular complexity index is 222. The van der Waals surface area contributed by atoms with E-state index in [2.05, 4.69) is 10.1 Å². The van der Waals surface area contributed by atoms with Crippen LogP contribution >= 0.6 is 22.9 Å². The molecule has 0 aromatic carbocycles. The summed E-state index contributed by atoms with van der Waals surface area (Å²) in [6.07, 6.45) is 2.74. The van der Waals surface area contributed by atoms with Gasteiger partial charge in [-0.05, 0) is 0 Å². The molecule has 48 valence electrons. The summed E-state index contributed by atoms with van der Waals surface area (Å²) in [5, 5.41) is 11.4. The highest BCUT2D eigenvalue weighted by Gasteiger charge is 1.93. The second kappa shape index (κ2) is 2.80. The van der Waals surface area contributed by atoms with E-state index in [1.165, 1.54) is 23.7 Å². The molecule has 0 saturated carbocycles. The smallest absolute Gasteiger partial charge is 0.139 e. The van der Waals surface area contributed by atoms with Crippen molar-refractivity contribution in [1.82, 2.24) is 4.98 Å².